The van der Waals surface area contributed by atoms with Crippen LogP contribution in [0.2, 0.25) is 0 Å². The molecule has 1 atom stereocenters. The predicted octanol–water partition coefficient (Wildman–Crippen LogP) is 3.80. The molecule has 4 heteroatoms. The zero-order valence-electron chi connectivity index (χ0n) is 10.4. The van der Waals surface area contributed by atoms with Crippen LogP contribution in [0.15, 0.2) is 53.4 Å². The summed E-state index contributed by atoms with van der Waals surface area (Å²) >= 11 is 1.48. The Hall–Kier alpha value is -1.39. The lowest BCUT2D eigenvalue weighted by atomic mass is 10.0. The summed E-state index contributed by atoms with van der Waals surface area (Å²) in [6.45, 7) is 0.528. The van der Waals surface area contributed by atoms with E-state index in [9.17, 15) is 8.78 Å². The minimum Gasteiger partial charge on any atom is -0.330 e. The molecule has 2 rings (SSSR count). The van der Waals surface area contributed by atoms with Gasteiger partial charge in [-0.3, -0.25) is 0 Å². The molecule has 0 spiro atoms. The lowest BCUT2D eigenvalue weighted by Crippen LogP contribution is -2.14. The van der Waals surface area contributed by atoms with Crippen LogP contribution < -0.4 is 5.73 Å². The van der Waals surface area contributed by atoms with Gasteiger partial charge >= 0.3 is 0 Å². The molecular formula is C15H15F2NS. The summed E-state index contributed by atoms with van der Waals surface area (Å²) < 4.78 is 25.9. The number of benzene rings is 2. The lowest BCUT2D eigenvalue weighted by molar-refractivity contribution is 0.506. The second kappa shape index (κ2) is 6.68. The van der Waals surface area contributed by atoms with E-state index in [-0.39, 0.29) is 5.92 Å². The molecule has 2 aromatic rings. The van der Waals surface area contributed by atoms with E-state index in [1.807, 2.05) is 30.3 Å². The largest absolute Gasteiger partial charge is 0.330 e. The van der Waals surface area contributed by atoms with Gasteiger partial charge in [0.05, 0.1) is 0 Å². The minimum absolute atomic E-state index is 0.208. The van der Waals surface area contributed by atoms with E-state index in [0.717, 1.165) is 11.8 Å². The van der Waals surface area contributed by atoms with Crippen LogP contribution in [0.5, 0.6) is 0 Å². The summed E-state index contributed by atoms with van der Waals surface area (Å²) in [7, 11) is 0. The summed E-state index contributed by atoms with van der Waals surface area (Å²) in [5.74, 6) is -0.679. The summed E-state index contributed by atoms with van der Waals surface area (Å²) in [5, 5.41) is 0. The van der Waals surface area contributed by atoms with Crippen molar-refractivity contribution in [3.8, 4) is 0 Å². The van der Waals surface area contributed by atoms with Gasteiger partial charge in [0.1, 0.15) is 0 Å². The summed E-state index contributed by atoms with van der Waals surface area (Å²) in [6.07, 6.45) is 0. The maximum absolute atomic E-state index is 13.1. The molecule has 19 heavy (non-hydrogen) atoms. The highest BCUT2D eigenvalue weighted by molar-refractivity contribution is 7.99. The van der Waals surface area contributed by atoms with E-state index in [1.54, 1.807) is 6.07 Å². The van der Waals surface area contributed by atoms with E-state index in [0.29, 0.717) is 11.4 Å². The van der Waals surface area contributed by atoms with Crippen molar-refractivity contribution in [1.29, 1.82) is 0 Å². The smallest absolute Gasteiger partial charge is 0.159 e. The van der Waals surface area contributed by atoms with Crippen LogP contribution in [0.25, 0.3) is 0 Å². The van der Waals surface area contributed by atoms with Crippen molar-refractivity contribution < 1.29 is 8.78 Å². The quantitative estimate of drug-likeness (QED) is 0.842. The molecule has 2 aromatic carbocycles. The molecule has 0 aliphatic rings. The van der Waals surface area contributed by atoms with Gasteiger partial charge in [-0.1, -0.05) is 30.3 Å². The number of thioether (sulfide) groups is 1. The highest BCUT2D eigenvalue weighted by Crippen LogP contribution is 2.26. The van der Waals surface area contributed by atoms with Gasteiger partial charge < -0.3 is 5.73 Å². The van der Waals surface area contributed by atoms with Crippen molar-refractivity contribution in [3.63, 3.8) is 0 Å². The maximum Gasteiger partial charge on any atom is 0.159 e. The van der Waals surface area contributed by atoms with Gasteiger partial charge in [0.25, 0.3) is 0 Å². The third-order valence-corrected chi connectivity index (χ3v) is 4.05. The van der Waals surface area contributed by atoms with Crippen LogP contribution >= 0.6 is 11.8 Å². The Morgan fingerprint density at radius 3 is 2.37 bits per heavy atom. The second-order valence-electron chi connectivity index (χ2n) is 4.23. The van der Waals surface area contributed by atoms with Gasteiger partial charge in [-0.25, -0.2) is 8.78 Å². The Kier molecular flexibility index (Phi) is 4.93. The summed E-state index contributed by atoms with van der Waals surface area (Å²) in [4.78, 5) is 0.716. The van der Waals surface area contributed by atoms with Gasteiger partial charge in [0.2, 0.25) is 0 Å². The number of halogens is 2. The molecule has 0 amide bonds. The van der Waals surface area contributed by atoms with Crippen molar-refractivity contribution in [2.75, 3.05) is 12.3 Å². The van der Waals surface area contributed by atoms with Crippen LogP contribution in [-0.4, -0.2) is 12.3 Å². The Bertz CT molecular complexity index is 531. The number of nitrogens with two attached hydrogens (primary N) is 1. The first kappa shape index (κ1) is 14.0. The molecule has 0 aromatic heterocycles. The molecule has 0 bridgehead atoms. The predicted molar refractivity (Wildman–Crippen MR) is 75.3 cm³/mol. The Labute approximate surface area is 115 Å². The van der Waals surface area contributed by atoms with E-state index in [4.69, 9.17) is 5.73 Å². The average molecular weight is 279 g/mol. The average Bonchev–Trinajstić information content (AvgIpc) is 2.44. The van der Waals surface area contributed by atoms with Gasteiger partial charge in [-0.05, 0) is 30.3 Å². The van der Waals surface area contributed by atoms with Crippen molar-refractivity contribution in [3.05, 3.63) is 65.7 Å². The molecule has 2 N–H and O–H groups in total. The summed E-state index contributed by atoms with van der Waals surface area (Å²) in [5.41, 5.74) is 6.94. The Morgan fingerprint density at radius 2 is 1.74 bits per heavy atom. The molecule has 1 nitrogen and oxygen atoms in total. The highest BCUT2D eigenvalue weighted by Gasteiger charge is 2.10. The van der Waals surface area contributed by atoms with Gasteiger partial charge in [-0.15, -0.1) is 11.8 Å². The van der Waals surface area contributed by atoms with Crippen molar-refractivity contribution in [2.45, 2.75) is 10.8 Å². The molecular weight excluding hydrogens is 264 g/mol. The lowest BCUT2D eigenvalue weighted by Gasteiger charge is -2.14. The molecule has 100 valence electrons. The minimum atomic E-state index is -0.817. The fourth-order valence-corrected chi connectivity index (χ4v) is 2.86. The molecule has 0 radical (unpaired) electrons. The standard InChI is InChI=1S/C15H15F2NS/c16-14-7-6-13(8-15(14)17)19-10-12(9-18)11-4-2-1-3-5-11/h1-8,12H,9-10,18H2. The van der Waals surface area contributed by atoms with Crippen molar-refractivity contribution in [2.24, 2.45) is 5.73 Å². The molecule has 0 aliphatic heterocycles. The first-order valence-corrected chi connectivity index (χ1v) is 7.02. The van der Waals surface area contributed by atoms with Gasteiger partial charge in [-0.2, -0.15) is 0 Å². The summed E-state index contributed by atoms with van der Waals surface area (Å²) in [6, 6.07) is 13.9. The van der Waals surface area contributed by atoms with Crippen LogP contribution in [0.4, 0.5) is 8.78 Å². The van der Waals surface area contributed by atoms with Crippen LogP contribution in [0.3, 0.4) is 0 Å². The number of hydrogen-bond donors (Lipinski definition) is 1. The number of rotatable bonds is 5. The van der Waals surface area contributed by atoms with Crippen molar-refractivity contribution in [1.82, 2.24) is 0 Å². The second-order valence-corrected chi connectivity index (χ2v) is 5.32. The molecule has 0 aliphatic carbocycles. The van der Waals surface area contributed by atoms with E-state index < -0.39 is 11.6 Å². The Balaban J connectivity index is 2.02. The molecule has 0 fully saturated rings. The highest BCUT2D eigenvalue weighted by atomic mass is 32.2. The zero-order chi connectivity index (χ0) is 13.7. The first-order chi connectivity index (χ1) is 9.20. The first-order valence-electron chi connectivity index (χ1n) is 6.03. The van der Waals surface area contributed by atoms with Crippen molar-refractivity contribution >= 4 is 11.8 Å². The zero-order valence-corrected chi connectivity index (χ0v) is 11.2. The molecule has 0 saturated heterocycles. The van der Waals surface area contributed by atoms with Gasteiger partial charge in [0.15, 0.2) is 11.6 Å². The Morgan fingerprint density at radius 1 is 1.00 bits per heavy atom. The van der Waals surface area contributed by atoms with Crippen LogP contribution in [0.1, 0.15) is 11.5 Å². The topological polar surface area (TPSA) is 26.0 Å². The monoisotopic (exact) mass is 279 g/mol. The maximum atomic E-state index is 13.1. The molecule has 0 heterocycles. The fraction of sp³-hybridized carbons (Fsp3) is 0.200. The van der Waals surface area contributed by atoms with Crippen LogP contribution in [-0.2, 0) is 0 Å². The normalized spacial score (nSPS) is 12.4. The molecule has 1 unspecified atom stereocenters. The third kappa shape index (κ3) is 3.78. The van der Waals surface area contributed by atoms with Crippen LogP contribution in [0, 0.1) is 11.6 Å². The van der Waals surface area contributed by atoms with E-state index in [2.05, 4.69) is 0 Å². The van der Waals surface area contributed by atoms with Gasteiger partial charge in [0, 0.05) is 16.6 Å². The SMILES string of the molecule is NCC(CSc1ccc(F)c(F)c1)c1ccccc1. The molecule has 0 saturated carbocycles. The number of hydrogen-bond acceptors (Lipinski definition) is 2. The fourth-order valence-electron chi connectivity index (χ4n) is 1.79. The third-order valence-electron chi connectivity index (χ3n) is 2.90. The van der Waals surface area contributed by atoms with E-state index >= 15 is 0 Å². The van der Waals surface area contributed by atoms with E-state index in [1.165, 1.54) is 23.4 Å².